The molecule has 3 heteroatoms. The van der Waals surface area contributed by atoms with E-state index in [0.29, 0.717) is 6.04 Å². The zero-order valence-corrected chi connectivity index (χ0v) is 10.2. The van der Waals surface area contributed by atoms with Gasteiger partial charge >= 0.3 is 0 Å². The molecule has 0 radical (unpaired) electrons. The molecule has 1 atom stereocenters. The number of nitrogens with two attached hydrogens (primary N) is 1. The van der Waals surface area contributed by atoms with Crippen molar-refractivity contribution in [2.45, 2.75) is 44.7 Å². The van der Waals surface area contributed by atoms with Crippen LogP contribution < -0.4 is 10.6 Å². The SMILES string of the molecule is C[C@@H](N)c1cccnc1N(C)C1CCCC1. The molecule has 16 heavy (non-hydrogen) atoms. The van der Waals surface area contributed by atoms with Gasteiger partial charge in [-0.05, 0) is 25.8 Å². The van der Waals surface area contributed by atoms with Crippen molar-refractivity contribution in [2.24, 2.45) is 5.73 Å². The lowest BCUT2D eigenvalue weighted by molar-refractivity contribution is 0.639. The lowest BCUT2D eigenvalue weighted by atomic mass is 10.1. The largest absolute Gasteiger partial charge is 0.356 e. The first-order valence-electron chi connectivity index (χ1n) is 6.13. The molecule has 1 aromatic heterocycles. The summed E-state index contributed by atoms with van der Waals surface area (Å²) in [5.74, 6) is 1.06. The summed E-state index contributed by atoms with van der Waals surface area (Å²) in [7, 11) is 2.14. The van der Waals surface area contributed by atoms with E-state index in [-0.39, 0.29) is 6.04 Å². The Morgan fingerprint density at radius 1 is 1.44 bits per heavy atom. The highest BCUT2D eigenvalue weighted by atomic mass is 15.2. The molecule has 1 aromatic rings. The van der Waals surface area contributed by atoms with Crippen molar-refractivity contribution in [1.29, 1.82) is 0 Å². The van der Waals surface area contributed by atoms with Gasteiger partial charge in [-0.25, -0.2) is 4.98 Å². The van der Waals surface area contributed by atoms with Gasteiger partial charge in [-0.1, -0.05) is 18.9 Å². The van der Waals surface area contributed by atoms with Crippen molar-refractivity contribution < 1.29 is 0 Å². The summed E-state index contributed by atoms with van der Waals surface area (Å²) in [6.07, 6.45) is 7.11. The number of nitrogens with zero attached hydrogens (tertiary/aromatic N) is 2. The van der Waals surface area contributed by atoms with Gasteiger partial charge in [0.2, 0.25) is 0 Å². The fourth-order valence-electron chi connectivity index (χ4n) is 2.52. The van der Waals surface area contributed by atoms with Crippen LogP contribution >= 0.6 is 0 Å². The molecular formula is C13H21N3. The molecule has 0 aromatic carbocycles. The van der Waals surface area contributed by atoms with Crippen LogP contribution in [0.2, 0.25) is 0 Å². The van der Waals surface area contributed by atoms with E-state index in [1.165, 1.54) is 25.7 Å². The van der Waals surface area contributed by atoms with Gasteiger partial charge in [-0.2, -0.15) is 0 Å². The molecule has 2 rings (SSSR count). The number of rotatable bonds is 3. The molecule has 1 heterocycles. The van der Waals surface area contributed by atoms with Crippen molar-refractivity contribution in [2.75, 3.05) is 11.9 Å². The molecule has 1 aliphatic carbocycles. The van der Waals surface area contributed by atoms with E-state index >= 15 is 0 Å². The van der Waals surface area contributed by atoms with E-state index in [2.05, 4.69) is 23.0 Å². The highest BCUT2D eigenvalue weighted by molar-refractivity contribution is 5.48. The summed E-state index contributed by atoms with van der Waals surface area (Å²) in [5.41, 5.74) is 7.13. The van der Waals surface area contributed by atoms with E-state index in [9.17, 15) is 0 Å². The third-order valence-electron chi connectivity index (χ3n) is 3.51. The zero-order chi connectivity index (χ0) is 11.5. The van der Waals surface area contributed by atoms with E-state index in [1.54, 1.807) is 0 Å². The normalized spacial score (nSPS) is 18.7. The molecule has 1 fully saturated rings. The highest BCUT2D eigenvalue weighted by Gasteiger charge is 2.22. The van der Waals surface area contributed by atoms with Crippen LogP contribution in [-0.2, 0) is 0 Å². The maximum Gasteiger partial charge on any atom is 0.133 e. The van der Waals surface area contributed by atoms with Crippen LogP contribution in [0.15, 0.2) is 18.3 Å². The van der Waals surface area contributed by atoms with Gasteiger partial charge in [-0.15, -0.1) is 0 Å². The standard InChI is InChI=1S/C13H21N3/c1-10(14)12-8-5-9-15-13(12)16(2)11-6-3-4-7-11/h5,8-11H,3-4,6-7,14H2,1-2H3/t10-/m1/s1. The van der Waals surface area contributed by atoms with Crippen molar-refractivity contribution in [3.8, 4) is 0 Å². The quantitative estimate of drug-likeness (QED) is 0.849. The first-order chi connectivity index (χ1) is 7.70. The van der Waals surface area contributed by atoms with Gasteiger partial charge in [-0.3, -0.25) is 0 Å². The maximum absolute atomic E-state index is 5.98. The minimum Gasteiger partial charge on any atom is -0.356 e. The summed E-state index contributed by atoms with van der Waals surface area (Å²) >= 11 is 0. The topological polar surface area (TPSA) is 42.1 Å². The van der Waals surface area contributed by atoms with Crippen LogP contribution in [0.1, 0.15) is 44.2 Å². The van der Waals surface area contributed by atoms with Crippen molar-refractivity contribution in [3.63, 3.8) is 0 Å². The molecule has 88 valence electrons. The molecule has 1 aliphatic rings. The summed E-state index contributed by atoms with van der Waals surface area (Å²) < 4.78 is 0. The fourth-order valence-corrected chi connectivity index (χ4v) is 2.52. The van der Waals surface area contributed by atoms with Crippen molar-refractivity contribution in [3.05, 3.63) is 23.9 Å². The van der Waals surface area contributed by atoms with Crippen LogP contribution in [0.4, 0.5) is 5.82 Å². The second-order valence-corrected chi connectivity index (χ2v) is 4.75. The van der Waals surface area contributed by atoms with Crippen LogP contribution in [0.5, 0.6) is 0 Å². The number of hydrogen-bond acceptors (Lipinski definition) is 3. The third kappa shape index (κ3) is 2.19. The Morgan fingerprint density at radius 3 is 2.75 bits per heavy atom. The van der Waals surface area contributed by atoms with E-state index in [1.807, 2.05) is 19.2 Å². The van der Waals surface area contributed by atoms with Gasteiger partial charge < -0.3 is 10.6 Å². The number of pyridine rings is 1. The van der Waals surface area contributed by atoms with Crippen LogP contribution in [-0.4, -0.2) is 18.1 Å². The lowest BCUT2D eigenvalue weighted by Crippen LogP contribution is -2.31. The van der Waals surface area contributed by atoms with Gasteiger partial charge in [0.15, 0.2) is 0 Å². The molecule has 0 saturated heterocycles. The molecular weight excluding hydrogens is 198 g/mol. The first-order valence-corrected chi connectivity index (χ1v) is 6.13. The Kier molecular flexibility index (Phi) is 3.44. The lowest BCUT2D eigenvalue weighted by Gasteiger charge is -2.28. The average Bonchev–Trinajstić information content (AvgIpc) is 2.81. The second-order valence-electron chi connectivity index (χ2n) is 4.75. The molecule has 3 nitrogen and oxygen atoms in total. The van der Waals surface area contributed by atoms with E-state index in [0.717, 1.165) is 11.4 Å². The van der Waals surface area contributed by atoms with E-state index < -0.39 is 0 Å². The number of anilines is 1. The van der Waals surface area contributed by atoms with E-state index in [4.69, 9.17) is 5.73 Å². The Hall–Kier alpha value is -1.09. The third-order valence-corrected chi connectivity index (χ3v) is 3.51. The summed E-state index contributed by atoms with van der Waals surface area (Å²) in [5, 5.41) is 0. The van der Waals surface area contributed by atoms with Crippen LogP contribution in [0, 0.1) is 0 Å². The Bertz CT molecular complexity index is 343. The molecule has 0 spiro atoms. The van der Waals surface area contributed by atoms with Gasteiger partial charge in [0.1, 0.15) is 5.82 Å². The predicted octanol–water partition coefficient (Wildman–Crippen LogP) is 2.48. The second kappa shape index (κ2) is 4.83. The summed E-state index contributed by atoms with van der Waals surface area (Å²) in [4.78, 5) is 6.80. The Labute approximate surface area is 97.7 Å². The summed E-state index contributed by atoms with van der Waals surface area (Å²) in [6.45, 7) is 2.02. The smallest absolute Gasteiger partial charge is 0.133 e. The molecule has 0 unspecified atom stereocenters. The molecule has 0 amide bonds. The van der Waals surface area contributed by atoms with Crippen LogP contribution in [0.3, 0.4) is 0 Å². The minimum atomic E-state index is 0.0487. The Morgan fingerprint density at radius 2 is 2.12 bits per heavy atom. The summed E-state index contributed by atoms with van der Waals surface area (Å²) in [6, 6.07) is 4.74. The highest BCUT2D eigenvalue weighted by Crippen LogP contribution is 2.29. The zero-order valence-electron chi connectivity index (χ0n) is 10.2. The minimum absolute atomic E-state index is 0.0487. The van der Waals surface area contributed by atoms with Crippen molar-refractivity contribution in [1.82, 2.24) is 4.98 Å². The molecule has 0 aliphatic heterocycles. The molecule has 0 bridgehead atoms. The van der Waals surface area contributed by atoms with Gasteiger partial charge in [0.25, 0.3) is 0 Å². The fraction of sp³-hybridized carbons (Fsp3) is 0.615. The van der Waals surface area contributed by atoms with Crippen LogP contribution in [0.25, 0.3) is 0 Å². The predicted molar refractivity (Wildman–Crippen MR) is 67.5 cm³/mol. The van der Waals surface area contributed by atoms with Gasteiger partial charge in [0, 0.05) is 30.9 Å². The van der Waals surface area contributed by atoms with Crippen molar-refractivity contribution >= 4 is 5.82 Å². The first kappa shape index (κ1) is 11.4. The molecule has 1 saturated carbocycles. The number of aromatic nitrogens is 1. The average molecular weight is 219 g/mol. The molecule has 2 N–H and O–H groups in total. The maximum atomic E-state index is 5.98. The van der Waals surface area contributed by atoms with Gasteiger partial charge in [0.05, 0.1) is 0 Å². The number of hydrogen-bond donors (Lipinski definition) is 1. The monoisotopic (exact) mass is 219 g/mol. The Balaban J connectivity index is 2.24.